The van der Waals surface area contributed by atoms with E-state index in [-0.39, 0.29) is 5.91 Å². The Morgan fingerprint density at radius 3 is 2.58 bits per heavy atom. The van der Waals surface area contributed by atoms with Crippen LogP contribution in [0.1, 0.15) is 21.6 Å². The van der Waals surface area contributed by atoms with Crippen LogP contribution in [-0.2, 0) is 0 Å². The van der Waals surface area contributed by atoms with Crippen molar-refractivity contribution in [2.75, 3.05) is 11.9 Å². The third-order valence-corrected chi connectivity index (χ3v) is 2.89. The van der Waals surface area contributed by atoms with E-state index in [0.717, 1.165) is 11.3 Å². The van der Waals surface area contributed by atoms with Crippen LogP contribution >= 0.6 is 0 Å². The average Bonchev–Trinajstić information content (AvgIpc) is 2.46. The van der Waals surface area contributed by atoms with E-state index in [9.17, 15) is 4.79 Å². The largest absolute Gasteiger partial charge is 0.310 e. The Balaban J connectivity index is 2.29. The predicted molar refractivity (Wildman–Crippen MR) is 72.9 cm³/mol. The molecule has 19 heavy (non-hydrogen) atoms. The topological polar surface area (TPSA) is 57.0 Å². The van der Waals surface area contributed by atoms with E-state index in [1.54, 1.807) is 24.1 Å². The Bertz CT molecular complexity index is 641. The van der Waals surface area contributed by atoms with Gasteiger partial charge in [0.05, 0.1) is 5.56 Å². The number of aryl methyl sites for hydroxylation is 1. The SMILES string of the molecule is Cc1ccccc1N(C)C(=O)c1ccc(C#N)cn1. The summed E-state index contributed by atoms with van der Waals surface area (Å²) in [5.41, 5.74) is 2.63. The minimum absolute atomic E-state index is 0.196. The van der Waals surface area contributed by atoms with Gasteiger partial charge >= 0.3 is 0 Å². The standard InChI is InChI=1S/C15H13N3O/c1-11-5-3-4-6-14(11)18(2)15(19)13-8-7-12(9-16)10-17-13/h3-8,10H,1-2H3. The maximum Gasteiger partial charge on any atom is 0.276 e. The number of pyridine rings is 1. The van der Waals surface area contributed by atoms with Crippen LogP contribution in [0.4, 0.5) is 5.69 Å². The lowest BCUT2D eigenvalue weighted by Crippen LogP contribution is -2.27. The van der Waals surface area contributed by atoms with Crippen LogP contribution < -0.4 is 4.90 Å². The molecular weight excluding hydrogens is 238 g/mol. The molecule has 0 aliphatic heterocycles. The molecule has 0 N–H and O–H groups in total. The molecule has 4 heteroatoms. The lowest BCUT2D eigenvalue weighted by Gasteiger charge is -2.18. The summed E-state index contributed by atoms with van der Waals surface area (Å²) in [5.74, 6) is -0.196. The third kappa shape index (κ3) is 2.61. The van der Waals surface area contributed by atoms with Gasteiger partial charge in [-0.1, -0.05) is 18.2 Å². The second-order valence-corrected chi connectivity index (χ2v) is 4.19. The number of anilines is 1. The molecule has 0 aliphatic carbocycles. The van der Waals surface area contributed by atoms with Crippen molar-refractivity contribution in [3.05, 3.63) is 59.4 Å². The minimum Gasteiger partial charge on any atom is -0.310 e. The van der Waals surface area contributed by atoms with Gasteiger partial charge in [0.15, 0.2) is 0 Å². The number of benzene rings is 1. The number of nitriles is 1. The zero-order valence-corrected chi connectivity index (χ0v) is 10.8. The first-order chi connectivity index (χ1) is 9.13. The van der Waals surface area contributed by atoms with Gasteiger partial charge in [-0.25, -0.2) is 4.98 Å². The lowest BCUT2D eigenvalue weighted by atomic mass is 10.1. The molecule has 1 amide bonds. The van der Waals surface area contributed by atoms with E-state index in [1.807, 2.05) is 37.3 Å². The number of carbonyl (C=O) groups excluding carboxylic acids is 1. The number of nitrogens with zero attached hydrogens (tertiary/aromatic N) is 3. The Morgan fingerprint density at radius 2 is 2.00 bits per heavy atom. The van der Waals surface area contributed by atoms with Crippen LogP contribution in [0.25, 0.3) is 0 Å². The smallest absolute Gasteiger partial charge is 0.276 e. The Hall–Kier alpha value is -2.67. The first kappa shape index (κ1) is 12.8. The fourth-order valence-corrected chi connectivity index (χ4v) is 1.81. The van der Waals surface area contributed by atoms with Gasteiger partial charge in [0, 0.05) is 18.9 Å². The Morgan fingerprint density at radius 1 is 1.26 bits per heavy atom. The molecule has 1 aromatic heterocycles. The number of hydrogen-bond donors (Lipinski definition) is 0. The normalized spacial score (nSPS) is 9.74. The molecule has 2 rings (SSSR count). The summed E-state index contributed by atoms with van der Waals surface area (Å²) in [5, 5.41) is 8.71. The van der Waals surface area contributed by atoms with Crippen LogP contribution in [0.2, 0.25) is 0 Å². The molecule has 0 bridgehead atoms. The highest BCUT2D eigenvalue weighted by atomic mass is 16.2. The van der Waals surface area contributed by atoms with E-state index in [0.29, 0.717) is 11.3 Å². The van der Waals surface area contributed by atoms with Crippen LogP contribution in [0.5, 0.6) is 0 Å². The van der Waals surface area contributed by atoms with Crippen molar-refractivity contribution in [2.45, 2.75) is 6.92 Å². The highest BCUT2D eigenvalue weighted by Crippen LogP contribution is 2.19. The molecule has 0 atom stereocenters. The first-order valence-corrected chi connectivity index (χ1v) is 5.83. The maximum atomic E-state index is 12.3. The Labute approximate surface area is 111 Å². The molecule has 0 fully saturated rings. The van der Waals surface area contributed by atoms with Crippen LogP contribution in [-0.4, -0.2) is 17.9 Å². The number of rotatable bonds is 2. The van der Waals surface area contributed by atoms with Crippen LogP contribution in [0, 0.1) is 18.3 Å². The molecule has 4 nitrogen and oxygen atoms in total. The summed E-state index contributed by atoms with van der Waals surface area (Å²) in [6, 6.07) is 12.8. The monoisotopic (exact) mass is 251 g/mol. The van der Waals surface area contributed by atoms with Crippen molar-refractivity contribution in [1.82, 2.24) is 4.98 Å². The quantitative estimate of drug-likeness (QED) is 0.824. The van der Waals surface area contributed by atoms with Gasteiger partial charge in [0.2, 0.25) is 0 Å². The highest BCUT2D eigenvalue weighted by molar-refractivity contribution is 6.04. The molecule has 94 valence electrons. The molecule has 0 radical (unpaired) electrons. The summed E-state index contributed by atoms with van der Waals surface area (Å²) < 4.78 is 0. The van der Waals surface area contributed by atoms with Crippen molar-refractivity contribution in [1.29, 1.82) is 5.26 Å². The molecule has 1 heterocycles. The van der Waals surface area contributed by atoms with Crippen molar-refractivity contribution in [2.24, 2.45) is 0 Å². The van der Waals surface area contributed by atoms with E-state index < -0.39 is 0 Å². The van der Waals surface area contributed by atoms with Gasteiger partial charge < -0.3 is 4.90 Å². The number of amides is 1. The van der Waals surface area contributed by atoms with Gasteiger partial charge in [0.25, 0.3) is 5.91 Å². The molecule has 0 saturated carbocycles. The zero-order chi connectivity index (χ0) is 13.8. The average molecular weight is 251 g/mol. The second-order valence-electron chi connectivity index (χ2n) is 4.19. The second kappa shape index (κ2) is 5.32. The van der Waals surface area contributed by atoms with Gasteiger partial charge in [-0.15, -0.1) is 0 Å². The van der Waals surface area contributed by atoms with Crippen LogP contribution in [0.15, 0.2) is 42.6 Å². The van der Waals surface area contributed by atoms with E-state index in [2.05, 4.69) is 4.98 Å². The number of para-hydroxylation sites is 1. The van der Waals surface area contributed by atoms with Crippen LogP contribution in [0.3, 0.4) is 0 Å². The fraction of sp³-hybridized carbons (Fsp3) is 0.133. The number of hydrogen-bond acceptors (Lipinski definition) is 3. The molecule has 2 aromatic rings. The highest BCUT2D eigenvalue weighted by Gasteiger charge is 2.15. The molecule has 1 aromatic carbocycles. The van der Waals surface area contributed by atoms with E-state index >= 15 is 0 Å². The lowest BCUT2D eigenvalue weighted by molar-refractivity contribution is 0.0988. The molecule has 0 aliphatic rings. The summed E-state index contributed by atoms with van der Waals surface area (Å²) >= 11 is 0. The van der Waals surface area contributed by atoms with Gasteiger partial charge in [-0.05, 0) is 30.7 Å². The summed E-state index contributed by atoms with van der Waals surface area (Å²) in [6.45, 7) is 1.95. The molecule has 0 saturated heterocycles. The number of aromatic nitrogens is 1. The molecular formula is C15H13N3O. The molecule has 0 spiro atoms. The van der Waals surface area contributed by atoms with Gasteiger partial charge in [-0.2, -0.15) is 5.26 Å². The van der Waals surface area contributed by atoms with E-state index in [4.69, 9.17) is 5.26 Å². The van der Waals surface area contributed by atoms with Gasteiger partial charge in [-0.3, -0.25) is 4.79 Å². The summed E-state index contributed by atoms with van der Waals surface area (Å²) in [6.07, 6.45) is 1.40. The maximum absolute atomic E-state index is 12.3. The Kier molecular flexibility index (Phi) is 3.58. The van der Waals surface area contributed by atoms with E-state index in [1.165, 1.54) is 6.20 Å². The van der Waals surface area contributed by atoms with Crippen molar-refractivity contribution < 1.29 is 4.79 Å². The summed E-state index contributed by atoms with van der Waals surface area (Å²) in [7, 11) is 1.71. The van der Waals surface area contributed by atoms with Crippen molar-refractivity contribution in [3.63, 3.8) is 0 Å². The van der Waals surface area contributed by atoms with Crippen molar-refractivity contribution in [3.8, 4) is 6.07 Å². The fourth-order valence-electron chi connectivity index (χ4n) is 1.81. The first-order valence-electron chi connectivity index (χ1n) is 5.83. The number of carbonyl (C=O) groups is 1. The van der Waals surface area contributed by atoms with Gasteiger partial charge in [0.1, 0.15) is 11.8 Å². The molecule has 0 unspecified atom stereocenters. The predicted octanol–water partition coefficient (Wildman–Crippen LogP) is 2.54. The zero-order valence-electron chi connectivity index (χ0n) is 10.8. The minimum atomic E-state index is -0.196. The summed E-state index contributed by atoms with van der Waals surface area (Å²) in [4.78, 5) is 17.8. The third-order valence-electron chi connectivity index (χ3n) is 2.89. The van der Waals surface area contributed by atoms with Crippen molar-refractivity contribution >= 4 is 11.6 Å².